The molecule has 1 heterocycles. The molecule has 1 saturated heterocycles. The van der Waals surface area contributed by atoms with Crippen molar-refractivity contribution in [1.29, 1.82) is 0 Å². The third-order valence-electron chi connectivity index (χ3n) is 3.18. The van der Waals surface area contributed by atoms with E-state index in [1.807, 2.05) is 32.6 Å². The third kappa shape index (κ3) is 5.19. The fraction of sp³-hybridized carbons (Fsp3) is 0.857. The molecule has 2 atom stereocenters. The van der Waals surface area contributed by atoms with Crippen LogP contribution in [0.1, 0.15) is 47.5 Å². The minimum absolute atomic E-state index is 0.0754. The molecule has 0 bridgehead atoms. The lowest BCUT2D eigenvalue weighted by atomic mass is 10.1. The summed E-state index contributed by atoms with van der Waals surface area (Å²) in [5.41, 5.74) is -0.255. The predicted octanol–water partition coefficient (Wildman–Crippen LogP) is 0.890. The molecule has 1 aliphatic heterocycles. The van der Waals surface area contributed by atoms with Gasteiger partial charge in [0.1, 0.15) is 0 Å². The van der Waals surface area contributed by atoms with Crippen LogP contribution < -0.4 is 10.6 Å². The molecule has 2 amide bonds. The average molecular weight is 269 g/mol. The van der Waals surface area contributed by atoms with E-state index in [1.165, 1.54) is 0 Å². The maximum absolute atomic E-state index is 12.1. The van der Waals surface area contributed by atoms with E-state index in [-0.39, 0.29) is 29.4 Å². The summed E-state index contributed by atoms with van der Waals surface area (Å²) in [7, 11) is 0. The SMILES string of the molecule is CC(NC(C)C(=O)N1CCCC1)C(=O)NC(C)(C)C. The highest BCUT2D eigenvalue weighted by Crippen LogP contribution is 2.09. The second-order valence-corrected chi connectivity index (χ2v) is 6.38. The van der Waals surface area contributed by atoms with Crippen LogP contribution in [-0.4, -0.2) is 47.4 Å². The highest BCUT2D eigenvalue weighted by molar-refractivity contribution is 5.85. The van der Waals surface area contributed by atoms with E-state index >= 15 is 0 Å². The number of hydrogen-bond acceptors (Lipinski definition) is 3. The van der Waals surface area contributed by atoms with Gasteiger partial charge in [-0.1, -0.05) is 0 Å². The number of rotatable bonds is 4. The van der Waals surface area contributed by atoms with Gasteiger partial charge in [0.15, 0.2) is 0 Å². The largest absolute Gasteiger partial charge is 0.350 e. The number of hydrogen-bond donors (Lipinski definition) is 2. The van der Waals surface area contributed by atoms with Crippen molar-refractivity contribution in [2.45, 2.75) is 65.1 Å². The van der Waals surface area contributed by atoms with Crippen molar-refractivity contribution in [3.05, 3.63) is 0 Å². The van der Waals surface area contributed by atoms with Gasteiger partial charge in [0.2, 0.25) is 11.8 Å². The van der Waals surface area contributed by atoms with Crippen LogP contribution in [-0.2, 0) is 9.59 Å². The maximum atomic E-state index is 12.1. The van der Waals surface area contributed by atoms with Crippen molar-refractivity contribution < 1.29 is 9.59 Å². The van der Waals surface area contributed by atoms with E-state index in [0.717, 1.165) is 25.9 Å². The Labute approximate surface area is 116 Å². The first-order valence-corrected chi connectivity index (χ1v) is 7.07. The molecule has 2 unspecified atom stereocenters. The molecule has 0 saturated carbocycles. The minimum Gasteiger partial charge on any atom is -0.350 e. The van der Waals surface area contributed by atoms with Crippen molar-refractivity contribution in [2.75, 3.05) is 13.1 Å². The van der Waals surface area contributed by atoms with Gasteiger partial charge in [0.05, 0.1) is 12.1 Å². The normalized spacial score (nSPS) is 19.1. The van der Waals surface area contributed by atoms with Crippen LogP contribution >= 0.6 is 0 Å². The van der Waals surface area contributed by atoms with Crippen LogP contribution in [0.2, 0.25) is 0 Å². The second kappa shape index (κ2) is 6.37. The summed E-state index contributed by atoms with van der Waals surface area (Å²) in [6, 6.07) is -0.695. The van der Waals surface area contributed by atoms with Crippen LogP contribution in [0, 0.1) is 0 Å². The lowest BCUT2D eigenvalue weighted by Gasteiger charge is -2.27. The Morgan fingerprint density at radius 1 is 1.05 bits per heavy atom. The summed E-state index contributed by atoms with van der Waals surface area (Å²) in [5.74, 6) is 0.0153. The van der Waals surface area contributed by atoms with Gasteiger partial charge in [0, 0.05) is 18.6 Å². The first kappa shape index (κ1) is 16.0. The molecule has 0 aromatic rings. The molecule has 0 aromatic heterocycles. The average Bonchev–Trinajstić information content (AvgIpc) is 2.78. The minimum atomic E-state index is -0.374. The van der Waals surface area contributed by atoms with E-state index in [9.17, 15) is 9.59 Å². The number of nitrogens with one attached hydrogen (secondary N) is 2. The molecule has 2 N–H and O–H groups in total. The van der Waals surface area contributed by atoms with Gasteiger partial charge in [-0.2, -0.15) is 0 Å². The first-order valence-electron chi connectivity index (χ1n) is 7.07. The Bertz CT molecular complexity index is 330. The molecule has 0 aliphatic carbocycles. The number of likely N-dealkylation sites (tertiary alicyclic amines) is 1. The highest BCUT2D eigenvalue weighted by atomic mass is 16.2. The van der Waals surface area contributed by atoms with Crippen LogP contribution in [0.25, 0.3) is 0 Å². The Hall–Kier alpha value is -1.10. The molecule has 0 radical (unpaired) electrons. The summed E-state index contributed by atoms with van der Waals surface area (Å²) in [5, 5.41) is 5.98. The number of amides is 2. The van der Waals surface area contributed by atoms with Crippen LogP contribution in [0.5, 0.6) is 0 Å². The lowest BCUT2D eigenvalue weighted by molar-refractivity contribution is -0.132. The summed E-state index contributed by atoms with van der Waals surface area (Å²) >= 11 is 0. The van der Waals surface area contributed by atoms with Crippen molar-refractivity contribution in [3.63, 3.8) is 0 Å². The zero-order valence-electron chi connectivity index (χ0n) is 12.7. The number of carbonyl (C=O) groups excluding carboxylic acids is 2. The summed E-state index contributed by atoms with van der Waals surface area (Å²) in [6.45, 7) is 11.1. The van der Waals surface area contributed by atoms with Gasteiger partial charge in [-0.05, 0) is 47.5 Å². The molecule has 1 aliphatic rings. The molecule has 5 nitrogen and oxygen atoms in total. The zero-order chi connectivity index (χ0) is 14.6. The summed E-state index contributed by atoms with van der Waals surface area (Å²) in [4.78, 5) is 25.9. The van der Waals surface area contributed by atoms with Crippen LogP contribution in [0.3, 0.4) is 0 Å². The van der Waals surface area contributed by atoms with Gasteiger partial charge < -0.3 is 10.2 Å². The third-order valence-corrected chi connectivity index (χ3v) is 3.18. The predicted molar refractivity (Wildman–Crippen MR) is 75.8 cm³/mol. The molecule has 0 aromatic carbocycles. The topological polar surface area (TPSA) is 61.4 Å². The van der Waals surface area contributed by atoms with Crippen molar-refractivity contribution in [3.8, 4) is 0 Å². The van der Waals surface area contributed by atoms with Gasteiger partial charge in [-0.25, -0.2) is 0 Å². The van der Waals surface area contributed by atoms with Crippen LogP contribution in [0.15, 0.2) is 0 Å². The molecule has 1 rings (SSSR count). The van der Waals surface area contributed by atoms with Gasteiger partial charge in [-0.3, -0.25) is 14.9 Å². The first-order chi connectivity index (χ1) is 8.70. The second-order valence-electron chi connectivity index (χ2n) is 6.38. The lowest BCUT2D eigenvalue weighted by Crippen LogP contribution is -2.54. The maximum Gasteiger partial charge on any atom is 0.239 e. The standard InChI is InChI=1S/C14H27N3O2/c1-10(12(18)16-14(3,4)5)15-11(2)13(19)17-8-6-7-9-17/h10-11,15H,6-9H2,1-5H3,(H,16,18). The van der Waals surface area contributed by atoms with E-state index < -0.39 is 0 Å². The molecule has 110 valence electrons. The quantitative estimate of drug-likeness (QED) is 0.797. The smallest absolute Gasteiger partial charge is 0.239 e. The van der Waals surface area contributed by atoms with E-state index in [0.29, 0.717) is 0 Å². The van der Waals surface area contributed by atoms with Crippen molar-refractivity contribution >= 4 is 11.8 Å². The monoisotopic (exact) mass is 269 g/mol. The summed E-state index contributed by atoms with van der Waals surface area (Å²) < 4.78 is 0. The molecular weight excluding hydrogens is 242 g/mol. The Morgan fingerprint density at radius 2 is 1.58 bits per heavy atom. The molecule has 5 heteroatoms. The van der Waals surface area contributed by atoms with E-state index in [2.05, 4.69) is 10.6 Å². The van der Waals surface area contributed by atoms with E-state index in [1.54, 1.807) is 6.92 Å². The molecule has 0 spiro atoms. The number of carbonyl (C=O) groups is 2. The fourth-order valence-electron chi connectivity index (χ4n) is 2.21. The number of nitrogens with zero attached hydrogens (tertiary/aromatic N) is 1. The van der Waals surface area contributed by atoms with Crippen molar-refractivity contribution in [1.82, 2.24) is 15.5 Å². The zero-order valence-corrected chi connectivity index (χ0v) is 12.7. The molecule has 1 fully saturated rings. The Kier molecular flexibility index (Phi) is 5.35. The molecular formula is C14H27N3O2. The fourth-order valence-corrected chi connectivity index (χ4v) is 2.21. The van der Waals surface area contributed by atoms with E-state index in [4.69, 9.17) is 0 Å². The van der Waals surface area contributed by atoms with Gasteiger partial charge >= 0.3 is 0 Å². The summed E-state index contributed by atoms with van der Waals surface area (Å²) in [6.07, 6.45) is 2.16. The van der Waals surface area contributed by atoms with Crippen molar-refractivity contribution in [2.24, 2.45) is 0 Å². The Morgan fingerprint density at radius 3 is 2.05 bits per heavy atom. The van der Waals surface area contributed by atoms with Gasteiger partial charge in [-0.15, -0.1) is 0 Å². The highest BCUT2D eigenvalue weighted by Gasteiger charge is 2.26. The van der Waals surface area contributed by atoms with Crippen LogP contribution in [0.4, 0.5) is 0 Å². The molecule has 19 heavy (non-hydrogen) atoms. The Balaban J connectivity index is 2.44. The van der Waals surface area contributed by atoms with Gasteiger partial charge in [0.25, 0.3) is 0 Å².